The number of nitrogens with zero attached hydrogens (tertiary/aromatic N) is 3. The first-order valence-corrected chi connectivity index (χ1v) is 8.89. The molecule has 1 aliphatic rings. The van der Waals surface area contributed by atoms with Gasteiger partial charge in [-0.15, -0.1) is 12.4 Å². The van der Waals surface area contributed by atoms with Gasteiger partial charge in [-0.3, -0.25) is 14.3 Å². The van der Waals surface area contributed by atoms with Crippen molar-refractivity contribution in [3.8, 4) is 0 Å². The molecular formula is C19H26ClN5O2. The van der Waals surface area contributed by atoms with Crippen LogP contribution in [0.25, 0.3) is 0 Å². The highest BCUT2D eigenvalue weighted by Crippen LogP contribution is 2.16. The Labute approximate surface area is 165 Å². The zero-order valence-corrected chi connectivity index (χ0v) is 16.4. The van der Waals surface area contributed by atoms with Crippen molar-refractivity contribution in [3.05, 3.63) is 53.9 Å². The van der Waals surface area contributed by atoms with E-state index in [9.17, 15) is 9.59 Å². The molecule has 0 aliphatic carbocycles. The summed E-state index contributed by atoms with van der Waals surface area (Å²) in [5, 5.41) is 10.3. The maximum Gasteiger partial charge on any atom is 0.253 e. The lowest BCUT2D eigenvalue weighted by molar-refractivity contribution is -0.124. The first-order valence-electron chi connectivity index (χ1n) is 8.89. The largest absolute Gasteiger partial charge is 0.352 e. The third-order valence-corrected chi connectivity index (χ3v) is 4.76. The number of hydrogen-bond acceptors (Lipinski definition) is 4. The molecule has 3 rings (SSSR count). The number of halogens is 1. The van der Waals surface area contributed by atoms with Crippen molar-refractivity contribution in [1.29, 1.82) is 0 Å². The summed E-state index contributed by atoms with van der Waals surface area (Å²) in [6.45, 7) is 1.30. The normalized spacial score (nSPS) is 15.7. The summed E-state index contributed by atoms with van der Waals surface area (Å²) < 4.78 is 1.68. The maximum absolute atomic E-state index is 12.6. The molecule has 1 aliphatic heterocycles. The molecular weight excluding hydrogens is 366 g/mol. The van der Waals surface area contributed by atoms with E-state index in [2.05, 4.69) is 15.7 Å². The van der Waals surface area contributed by atoms with Crippen LogP contribution in [0.5, 0.6) is 0 Å². The maximum atomic E-state index is 12.6. The third-order valence-electron chi connectivity index (χ3n) is 4.76. The van der Waals surface area contributed by atoms with Gasteiger partial charge in [0, 0.05) is 43.5 Å². The van der Waals surface area contributed by atoms with E-state index in [1.165, 1.54) is 0 Å². The molecule has 0 saturated carbocycles. The van der Waals surface area contributed by atoms with Gasteiger partial charge in [0.1, 0.15) is 6.04 Å². The number of nitrogens with one attached hydrogen (secondary N) is 2. The molecule has 0 spiro atoms. The number of aryl methyl sites for hydroxylation is 1. The van der Waals surface area contributed by atoms with Gasteiger partial charge >= 0.3 is 0 Å². The Hall–Kier alpha value is -2.38. The average molecular weight is 392 g/mol. The minimum Gasteiger partial charge on any atom is -0.352 e. The molecule has 1 unspecified atom stereocenters. The molecule has 1 saturated heterocycles. The van der Waals surface area contributed by atoms with Gasteiger partial charge in [0.2, 0.25) is 5.91 Å². The van der Waals surface area contributed by atoms with Crippen molar-refractivity contribution in [2.45, 2.75) is 24.9 Å². The van der Waals surface area contributed by atoms with Crippen LogP contribution in [0.4, 0.5) is 0 Å². The predicted molar refractivity (Wildman–Crippen MR) is 106 cm³/mol. The van der Waals surface area contributed by atoms with Crippen molar-refractivity contribution in [2.75, 3.05) is 20.1 Å². The Morgan fingerprint density at radius 3 is 2.41 bits per heavy atom. The molecule has 2 aromatic rings. The summed E-state index contributed by atoms with van der Waals surface area (Å²) in [4.78, 5) is 26.9. The van der Waals surface area contributed by atoms with Gasteiger partial charge in [-0.25, -0.2) is 0 Å². The second-order valence-electron chi connectivity index (χ2n) is 6.61. The fourth-order valence-corrected chi connectivity index (χ4v) is 3.31. The Bertz CT molecular complexity index is 756. The number of likely N-dealkylation sites (N-methyl/N-ethyl adjacent to an activating group) is 1. The number of aromatic nitrogens is 2. The predicted octanol–water partition coefficient (Wildman–Crippen LogP) is 1.52. The number of amides is 2. The van der Waals surface area contributed by atoms with Gasteiger partial charge in [-0.05, 0) is 32.0 Å². The van der Waals surface area contributed by atoms with Gasteiger partial charge in [-0.1, -0.05) is 18.2 Å². The van der Waals surface area contributed by atoms with E-state index in [0.29, 0.717) is 18.7 Å². The number of piperidine rings is 1. The van der Waals surface area contributed by atoms with E-state index in [1.807, 2.05) is 48.5 Å². The lowest BCUT2D eigenvalue weighted by Crippen LogP contribution is -2.48. The van der Waals surface area contributed by atoms with Gasteiger partial charge in [0.05, 0.1) is 6.20 Å². The molecule has 1 fully saturated rings. The summed E-state index contributed by atoms with van der Waals surface area (Å²) >= 11 is 0. The molecule has 2 heterocycles. The van der Waals surface area contributed by atoms with E-state index in [1.54, 1.807) is 17.9 Å². The van der Waals surface area contributed by atoms with Gasteiger partial charge in [0.15, 0.2) is 0 Å². The Morgan fingerprint density at radius 2 is 1.85 bits per heavy atom. The lowest BCUT2D eigenvalue weighted by atomic mass is 10.0. The quantitative estimate of drug-likeness (QED) is 0.810. The van der Waals surface area contributed by atoms with E-state index in [-0.39, 0.29) is 30.3 Å². The van der Waals surface area contributed by atoms with E-state index >= 15 is 0 Å². The SMILES string of the molecule is CNC(C(=O)NC1CCN(C(=O)c2ccccc2)CC1)c1cnn(C)c1.Cl. The minimum atomic E-state index is -0.423. The van der Waals surface area contributed by atoms with Gasteiger partial charge in [0.25, 0.3) is 5.91 Å². The molecule has 2 N–H and O–H groups in total. The molecule has 0 radical (unpaired) electrons. The highest BCUT2D eigenvalue weighted by Gasteiger charge is 2.27. The van der Waals surface area contributed by atoms with Crippen molar-refractivity contribution >= 4 is 24.2 Å². The molecule has 146 valence electrons. The van der Waals surface area contributed by atoms with Crippen LogP contribution >= 0.6 is 12.4 Å². The van der Waals surface area contributed by atoms with Crippen LogP contribution in [-0.4, -0.2) is 52.7 Å². The summed E-state index contributed by atoms with van der Waals surface area (Å²) in [5.41, 5.74) is 1.55. The fourth-order valence-electron chi connectivity index (χ4n) is 3.31. The summed E-state index contributed by atoms with van der Waals surface area (Å²) in [7, 11) is 3.59. The van der Waals surface area contributed by atoms with E-state index in [4.69, 9.17) is 0 Å². The summed E-state index contributed by atoms with van der Waals surface area (Å²) in [6.07, 6.45) is 5.05. The number of hydrogen-bond donors (Lipinski definition) is 2. The van der Waals surface area contributed by atoms with Gasteiger partial charge in [-0.2, -0.15) is 5.10 Å². The van der Waals surface area contributed by atoms with Crippen LogP contribution in [0.15, 0.2) is 42.7 Å². The van der Waals surface area contributed by atoms with Crippen LogP contribution in [0.2, 0.25) is 0 Å². The molecule has 8 heteroatoms. The van der Waals surface area contributed by atoms with Crippen LogP contribution in [0.3, 0.4) is 0 Å². The smallest absolute Gasteiger partial charge is 0.253 e. The summed E-state index contributed by atoms with van der Waals surface area (Å²) in [6, 6.07) is 8.97. The Morgan fingerprint density at radius 1 is 1.19 bits per heavy atom. The van der Waals surface area contributed by atoms with Crippen LogP contribution in [0, 0.1) is 0 Å². The standard InChI is InChI=1S/C19H25N5O2.ClH/c1-20-17(15-12-21-23(2)13-15)18(25)22-16-8-10-24(11-9-16)19(26)14-6-4-3-5-7-14;/h3-7,12-13,16-17,20H,8-11H2,1-2H3,(H,22,25);1H. The molecule has 1 aromatic heterocycles. The third kappa shape index (κ3) is 5.08. The number of rotatable bonds is 5. The molecule has 1 aromatic carbocycles. The first kappa shape index (κ1) is 20.9. The van der Waals surface area contributed by atoms with Crippen molar-refractivity contribution < 1.29 is 9.59 Å². The second kappa shape index (κ2) is 9.53. The fraction of sp³-hybridized carbons (Fsp3) is 0.421. The summed E-state index contributed by atoms with van der Waals surface area (Å²) in [5.74, 6) is -0.00725. The van der Waals surface area contributed by atoms with Crippen molar-refractivity contribution in [2.24, 2.45) is 7.05 Å². The topological polar surface area (TPSA) is 79.3 Å². The van der Waals surface area contributed by atoms with E-state index in [0.717, 1.165) is 18.4 Å². The van der Waals surface area contributed by atoms with E-state index < -0.39 is 6.04 Å². The molecule has 0 bridgehead atoms. The van der Waals surface area contributed by atoms with Crippen molar-refractivity contribution in [3.63, 3.8) is 0 Å². The average Bonchev–Trinajstić information content (AvgIpc) is 3.09. The highest BCUT2D eigenvalue weighted by molar-refractivity contribution is 5.94. The number of carbonyl (C=O) groups is 2. The number of likely N-dealkylation sites (tertiary alicyclic amines) is 1. The first-order chi connectivity index (χ1) is 12.6. The molecule has 2 amide bonds. The monoisotopic (exact) mass is 391 g/mol. The Balaban J connectivity index is 0.00000261. The minimum absolute atomic E-state index is 0. The van der Waals surface area contributed by atoms with Gasteiger partial charge < -0.3 is 15.5 Å². The van der Waals surface area contributed by atoms with Crippen LogP contribution in [-0.2, 0) is 11.8 Å². The zero-order valence-electron chi connectivity index (χ0n) is 15.6. The molecule has 27 heavy (non-hydrogen) atoms. The van der Waals surface area contributed by atoms with Crippen molar-refractivity contribution in [1.82, 2.24) is 25.3 Å². The zero-order chi connectivity index (χ0) is 18.5. The number of benzene rings is 1. The lowest BCUT2D eigenvalue weighted by Gasteiger charge is -2.33. The number of carbonyl (C=O) groups excluding carboxylic acids is 2. The molecule has 7 nitrogen and oxygen atoms in total. The highest BCUT2D eigenvalue weighted by atomic mass is 35.5. The molecule has 1 atom stereocenters. The van der Waals surface area contributed by atoms with Crippen LogP contribution < -0.4 is 10.6 Å². The second-order valence-corrected chi connectivity index (χ2v) is 6.61. The van der Waals surface area contributed by atoms with Crippen LogP contribution in [0.1, 0.15) is 34.8 Å². The Kier molecular flexibility index (Phi) is 7.38.